The Labute approximate surface area is 202 Å². The fraction of sp³-hybridized carbons (Fsp3) is 0.545. The fourth-order valence-corrected chi connectivity index (χ4v) is 5.20. The quantitative estimate of drug-likeness (QED) is 0.331. The van der Waals surface area contributed by atoms with Gasteiger partial charge in [-0.15, -0.1) is 0 Å². The average molecular weight is 480 g/mol. The van der Waals surface area contributed by atoms with E-state index in [0.717, 1.165) is 6.42 Å². The van der Waals surface area contributed by atoms with Crippen LogP contribution in [0.4, 0.5) is 0 Å². The third-order valence-electron chi connectivity index (χ3n) is 5.98. The van der Waals surface area contributed by atoms with Crippen LogP contribution in [0.3, 0.4) is 0 Å². The monoisotopic (exact) mass is 478 g/mol. The molecule has 150 valence electrons. The van der Waals surface area contributed by atoms with Crippen LogP contribution in [0.15, 0.2) is 16.8 Å². The van der Waals surface area contributed by atoms with Crippen LogP contribution < -0.4 is 37.2 Å². The van der Waals surface area contributed by atoms with Gasteiger partial charge in [0, 0.05) is 8.07 Å². The summed E-state index contributed by atoms with van der Waals surface area (Å²) in [5.74, 6) is 0. The molecule has 27 heavy (non-hydrogen) atoms. The zero-order chi connectivity index (χ0) is 17.7. The van der Waals surface area contributed by atoms with Crippen molar-refractivity contribution in [3.05, 3.63) is 56.3 Å². The summed E-state index contributed by atoms with van der Waals surface area (Å²) in [4.78, 5) is 0. The van der Waals surface area contributed by atoms with Gasteiger partial charge in [0.05, 0.1) is 0 Å². The molecule has 0 amide bonds. The van der Waals surface area contributed by atoms with Crippen LogP contribution in [0.2, 0.25) is 19.6 Å². The van der Waals surface area contributed by atoms with Gasteiger partial charge < -0.3 is 37.2 Å². The summed E-state index contributed by atoms with van der Waals surface area (Å²) in [5.41, 5.74) is 10.3. The minimum atomic E-state index is -1.27. The Hall–Kier alpha value is 0.501. The van der Waals surface area contributed by atoms with E-state index in [4.69, 9.17) is 0 Å². The van der Waals surface area contributed by atoms with Gasteiger partial charge in [-0.25, -0.2) is 11.3 Å². The van der Waals surface area contributed by atoms with Gasteiger partial charge in [0.2, 0.25) is 0 Å². The minimum Gasteiger partial charge on any atom is -1.00 e. The van der Waals surface area contributed by atoms with Crippen molar-refractivity contribution in [1.29, 1.82) is 0 Å². The molecule has 2 rings (SSSR count). The smallest absolute Gasteiger partial charge is 1.00 e. The second kappa shape index (κ2) is 11.0. The van der Waals surface area contributed by atoms with Gasteiger partial charge in [-0.3, -0.25) is 6.08 Å². The third-order valence-corrected chi connectivity index (χ3v) is 7.93. The third kappa shape index (κ3) is 6.00. The second-order valence-electron chi connectivity index (χ2n) is 8.80. The van der Waals surface area contributed by atoms with Crippen LogP contribution in [-0.2, 0) is 27.1 Å². The number of halogens is 3. The number of rotatable bonds is 3. The van der Waals surface area contributed by atoms with Gasteiger partial charge in [-0.2, -0.15) is 5.57 Å². The Morgan fingerprint density at radius 2 is 1.15 bits per heavy atom. The Morgan fingerprint density at radius 1 is 0.778 bits per heavy atom. The van der Waals surface area contributed by atoms with Gasteiger partial charge in [-0.1, -0.05) is 39.9 Å². The van der Waals surface area contributed by atoms with Crippen LogP contribution in [0.5, 0.6) is 0 Å². The Kier molecular flexibility index (Phi) is 13.2. The molecule has 0 spiro atoms. The maximum Gasteiger partial charge on any atom is 4.00 e. The number of allylic oxidation sites excluding steroid dienone is 4. The molecule has 0 radical (unpaired) electrons. The van der Waals surface area contributed by atoms with E-state index in [1.165, 1.54) is 44.2 Å². The van der Waals surface area contributed by atoms with Gasteiger partial charge in [0.1, 0.15) is 0 Å². The van der Waals surface area contributed by atoms with Crippen LogP contribution >= 0.6 is 0 Å². The molecule has 0 atom stereocenters. The molecule has 5 heteroatoms. The molecule has 1 aromatic rings. The van der Waals surface area contributed by atoms with Crippen LogP contribution in [-0.4, -0.2) is 8.07 Å². The molecule has 1 aliphatic rings. The molecule has 0 saturated carbocycles. The van der Waals surface area contributed by atoms with E-state index in [9.17, 15) is 0 Å². The summed E-state index contributed by atoms with van der Waals surface area (Å²) >= 11 is 0. The van der Waals surface area contributed by atoms with Gasteiger partial charge >= 0.3 is 21.7 Å². The van der Waals surface area contributed by atoms with E-state index in [-0.39, 0.29) is 64.4 Å². The van der Waals surface area contributed by atoms with E-state index in [0.29, 0.717) is 0 Å². The average Bonchev–Trinajstić information content (AvgIpc) is 2.93. The summed E-state index contributed by atoms with van der Waals surface area (Å²) in [6, 6.07) is 0. The van der Waals surface area contributed by atoms with Crippen molar-refractivity contribution >= 4 is 8.07 Å². The van der Waals surface area contributed by atoms with E-state index >= 15 is 0 Å². The Balaban J connectivity index is -0.00000144. The van der Waals surface area contributed by atoms with Gasteiger partial charge in [0.15, 0.2) is 0 Å². The van der Waals surface area contributed by atoms with Crippen molar-refractivity contribution in [1.82, 2.24) is 0 Å². The first kappa shape index (κ1) is 32.2. The molecule has 0 aliphatic heterocycles. The van der Waals surface area contributed by atoms with Crippen molar-refractivity contribution in [3.8, 4) is 0 Å². The molecule has 0 unspecified atom stereocenters. The molecular weight excluding hydrogens is 447 g/mol. The zero-order valence-corrected chi connectivity index (χ0v) is 23.2. The Bertz CT molecular complexity index is 697. The topological polar surface area (TPSA) is 0 Å². The SMILES string of the molecule is Cc1c(C)c(C)c(C(C)(C)C2=[C-]C([Si](C)(C)C)=CC2)c(C)c1C.[Cl-].[Cl-].[Cl-].[Ti+4]. The molecule has 0 fully saturated rings. The van der Waals surface area contributed by atoms with Gasteiger partial charge in [0.25, 0.3) is 0 Å². The second-order valence-corrected chi connectivity index (χ2v) is 13.8. The van der Waals surface area contributed by atoms with E-state index in [1.54, 1.807) is 0 Å². The summed E-state index contributed by atoms with van der Waals surface area (Å²) in [5, 5.41) is 1.50. The van der Waals surface area contributed by atoms with Crippen molar-refractivity contribution in [2.75, 3.05) is 0 Å². The molecule has 0 bridgehead atoms. The number of hydrogen-bond acceptors (Lipinski definition) is 0. The summed E-state index contributed by atoms with van der Waals surface area (Å²) in [6.07, 6.45) is 7.32. The standard InChI is InChI=1S/C22H33Si.3ClH.Ti/c1-14-15(2)17(4)21(18(5)16(14)3)22(6,7)19-11-12-20(13-19)23(8,9)10;;;;/h12H,11H2,1-10H3;3*1H;/q-1;;;;+4/p-3. The summed E-state index contributed by atoms with van der Waals surface area (Å²) in [6.45, 7) is 23.4. The van der Waals surface area contributed by atoms with Crippen molar-refractivity contribution in [2.24, 2.45) is 0 Å². The maximum absolute atomic E-state index is 3.82. The number of hydrogen-bond donors (Lipinski definition) is 0. The molecule has 0 heterocycles. The number of benzene rings is 1. The first-order valence-corrected chi connectivity index (χ1v) is 12.3. The minimum absolute atomic E-state index is 0. The molecule has 0 N–H and O–H groups in total. The Morgan fingerprint density at radius 3 is 1.48 bits per heavy atom. The molecule has 0 nitrogen and oxygen atoms in total. The predicted octanol–water partition coefficient (Wildman–Crippen LogP) is -2.55. The van der Waals surface area contributed by atoms with Crippen LogP contribution in [0, 0.1) is 40.7 Å². The van der Waals surface area contributed by atoms with Crippen molar-refractivity contribution in [3.63, 3.8) is 0 Å². The van der Waals surface area contributed by atoms with Crippen LogP contribution in [0.25, 0.3) is 0 Å². The molecule has 1 aliphatic carbocycles. The molecular formula is C22H33Cl3SiTi. The fourth-order valence-electron chi connectivity index (χ4n) is 3.96. The van der Waals surface area contributed by atoms with Crippen LogP contribution in [0.1, 0.15) is 53.6 Å². The van der Waals surface area contributed by atoms with E-state index < -0.39 is 8.07 Å². The summed E-state index contributed by atoms with van der Waals surface area (Å²) in [7, 11) is -1.27. The van der Waals surface area contributed by atoms with E-state index in [2.05, 4.69) is 80.3 Å². The maximum atomic E-state index is 3.82. The largest absolute Gasteiger partial charge is 4.00 e. The van der Waals surface area contributed by atoms with Gasteiger partial charge in [-0.05, 0) is 73.4 Å². The first-order chi connectivity index (χ1) is 10.4. The molecule has 0 aromatic heterocycles. The molecule has 1 aromatic carbocycles. The van der Waals surface area contributed by atoms with Crippen molar-refractivity contribution in [2.45, 2.75) is 79.9 Å². The zero-order valence-electron chi connectivity index (χ0n) is 18.4. The molecule has 0 saturated heterocycles. The van der Waals surface area contributed by atoms with E-state index in [1.807, 2.05) is 0 Å². The predicted molar refractivity (Wildman–Crippen MR) is 106 cm³/mol. The summed E-state index contributed by atoms with van der Waals surface area (Å²) < 4.78 is 0. The normalized spacial score (nSPS) is 13.4. The van der Waals surface area contributed by atoms with Crippen molar-refractivity contribution < 1.29 is 58.9 Å². The first-order valence-electron chi connectivity index (χ1n) is 8.80.